The van der Waals surface area contributed by atoms with Gasteiger partial charge in [-0.15, -0.1) is 0 Å². The van der Waals surface area contributed by atoms with E-state index in [4.69, 9.17) is 0 Å². The van der Waals surface area contributed by atoms with Gasteiger partial charge in [-0.2, -0.15) is 0 Å². The summed E-state index contributed by atoms with van der Waals surface area (Å²) in [5.74, 6) is 0. The molecule has 4 nitrogen and oxygen atoms in total. The maximum Gasteiger partial charge on any atom is 0.240 e. The molecular weight excluding hydrogens is 248 g/mol. The molecule has 5 heteroatoms. The number of likely N-dealkylation sites (tertiary alicyclic amines) is 1. The van der Waals surface area contributed by atoms with Gasteiger partial charge in [-0.25, -0.2) is 13.1 Å². The lowest BCUT2D eigenvalue weighted by atomic mass is 10.1. The van der Waals surface area contributed by atoms with Crippen molar-refractivity contribution in [2.24, 2.45) is 0 Å². The van der Waals surface area contributed by atoms with Crippen LogP contribution in [0.1, 0.15) is 19.8 Å². The van der Waals surface area contributed by atoms with Gasteiger partial charge >= 0.3 is 0 Å². The zero-order valence-corrected chi connectivity index (χ0v) is 11.5. The highest BCUT2D eigenvalue weighted by atomic mass is 32.2. The van der Waals surface area contributed by atoms with Crippen LogP contribution in [0.15, 0.2) is 35.2 Å². The third kappa shape index (κ3) is 3.31. The molecule has 0 unspecified atom stereocenters. The lowest BCUT2D eigenvalue weighted by Gasteiger charge is -2.31. The van der Waals surface area contributed by atoms with Crippen molar-refractivity contribution in [1.29, 1.82) is 0 Å². The second kappa shape index (κ2) is 5.82. The number of sulfonamides is 1. The highest BCUT2D eigenvalue weighted by Crippen LogP contribution is 2.14. The minimum absolute atomic E-state index is 0.0676. The third-order valence-corrected chi connectivity index (χ3v) is 4.95. The lowest BCUT2D eigenvalue weighted by Crippen LogP contribution is -2.44. The van der Waals surface area contributed by atoms with Crippen LogP contribution in [0.5, 0.6) is 0 Å². The Bertz CT molecular complexity index is 465. The van der Waals surface area contributed by atoms with Crippen molar-refractivity contribution in [3.63, 3.8) is 0 Å². The van der Waals surface area contributed by atoms with E-state index in [1.807, 2.05) is 6.07 Å². The number of benzene rings is 1. The van der Waals surface area contributed by atoms with E-state index in [0.29, 0.717) is 4.90 Å². The first-order valence-corrected chi connectivity index (χ1v) is 7.90. The Morgan fingerprint density at radius 2 is 1.83 bits per heavy atom. The molecule has 0 amide bonds. The van der Waals surface area contributed by atoms with Gasteiger partial charge in [-0.05, 0) is 44.6 Å². The molecule has 0 aromatic heterocycles. The Morgan fingerprint density at radius 1 is 1.22 bits per heavy atom. The Hall–Kier alpha value is -0.910. The van der Waals surface area contributed by atoms with Crippen molar-refractivity contribution in [3.05, 3.63) is 30.3 Å². The first-order valence-electron chi connectivity index (χ1n) is 6.41. The zero-order chi connectivity index (χ0) is 13.0. The highest BCUT2D eigenvalue weighted by Gasteiger charge is 2.23. The molecule has 1 aliphatic rings. The molecule has 1 heterocycles. The van der Waals surface area contributed by atoms with Gasteiger partial charge in [0.2, 0.25) is 10.0 Å². The second-order valence-electron chi connectivity index (χ2n) is 4.64. The predicted octanol–water partition coefficient (Wildman–Crippen LogP) is 1.45. The summed E-state index contributed by atoms with van der Waals surface area (Å²) in [5, 5.41) is 0. The molecule has 0 spiro atoms. The molecule has 0 bridgehead atoms. The van der Waals surface area contributed by atoms with E-state index >= 15 is 0 Å². The van der Waals surface area contributed by atoms with Crippen LogP contribution in [0.25, 0.3) is 0 Å². The fourth-order valence-corrected chi connectivity index (χ4v) is 3.58. The van der Waals surface area contributed by atoms with Gasteiger partial charge in [-0.1, -0.05) is 25.1 Å². The zero-order valence-electron chi connectivity index (χ0n) is 10.7. The number of nitrogens with zero attached hydrogens (tertiary/aromatic N) is 1. The smallest absolute Gasteiger partial charge is 0.240 e. The minimum atomic E-state index is -3.35. The minimum Gasteiger partial charge on any atom is -0.303 e. The first-order chi connectivity index (χ1) is 8.62. The lowest BCUT2D eigenvalue weighted by molar-refractivity contribution is 0.217. The monoisotopic (exact) mass is 268 g/mol. The van der Waals surface area contributed by atoms with E-state index in [2.05, 4.69) is 16.5 Å². The predicted molar refractivity (Wildman–Crippen MR) is 71.9 cm³/mol. The van der Waals surface area contributed by atoms with Crippen LogP contribution in [-0.2, 0) is 10.0 Å². The Balaban J connectivity index is 1.98. The van der Waals surface area contributed by atoms with Crippen LogP contribution in [0.2, 0.25) is 0 Å². The molecule has 18 heavy (non-hydrogen) atoms. The summed E-state index contributed by atoms with van der Waals surface area (Å²) in [7, 11) is -3.35. The highest BCUT2D eigenvalue weighted by molar-refractivity contribution is 7.89. The summed E-state index contributed by atoms with van der Waals surface area (Å²) >= 11 is 0. The second-order valence-corrected chi connectivity index (χ2v) is 6.36. The largest absolute Gasteiger partial charge is 0.303 e. The SMILES string of the molecule is CCN1CCC(NS(=O)(=O)c2ccccc2)CC1. The summed E-state index contributed by atoms with van der Waals surface area (Å²) < 4.78 is 27.1. The number of piperidine rings is 1. The van der Waals surface area contributed by atoms with E-state index in [1.165, 1.54) is 0 Å². The van der Waals surface area contributed by atoms with Crippen LogP contribution in [0.3, 0.4) is 0 Å². The summed E-state index contributed by atoms with van der Waals surface area (Å²) in [6.07, 6.45) is 1.78. The molecule has 2 rings (SSSR count). The number of hydrogen-bond donors (Lipinski definition) is 1. The maximum atomic E-state index is 12.1. The molecule has 1 aliphatic heterocycles. The number of nitrogens with one attached hydrogen (secondary N) is 1. The van der Waals surface area contributed by atoms with Crippen LogP contribution < -0.4 is 4.72 Å². The van der Waals surface area contributed by atoms with E-state index in [9.17, 15) is 8.42 Å². The van der Waals surface area contributed by atoms with Crippen molar-refractivity contribution < 1.29 is 8.42 Å². The molecule has 1 fully saturated rings. The Morgan fingerprint density at radius 3 is 2.39 bits per heavy atom. The van der Waals surface area contributed by atoms with Crippen LogP contribution >= 0.6 is 0 Å². The fourth-order valence-electron chi connectivity index (χ4n) is 2.25. The molecule has 0 atom stereocenters. The molecule has 0 aliphatic carbocycles. The van der Waals surface area contributed by atoms with Crippen LogP contribution in [-0.4, -0.2) is 39.0 Å². The van der Waals surface area contributed by atoms with Crippen molar-refractivity contribution in [2.75, 3.05) is 19.6 Å². The average Bonchev–Trinajstić information content (AvgIpc) is 2.40. The topological polar surface area (TPSA) is 49.4 Å². The molecule has 0 saturated carbocycles. The maximum absolute atomic E-state index is 12.1. The normalized spacial score (nSPS) is 18.9. The molecule has 0 radical (unpaired) electrons. The summed E-state index contributed by atoms with van der Waals surface area (Å²) in [4.78, 5) is 2.69. The van der Waals surface area contributed by atoms with Gasteiger partial charge in [0.05, 0.1) is 4.90 Å². The molecule has 100 valence electrons. The number of rotatable bonds is 4. The summed E-state index contributed by atoms with van der Waals surface area (Å²) in [5.41, 5.74) is 0. The van der Waals surface area contributed by atoms with Crippen molar-refractivity contribution >= 4 is 10.0 Å². The fraction of sp³-hybridized carbons (Fsp3) is 0.538. The number of hydrogen-bond acceptors (Lipinski definition) is 3. The third-order valence-electron chi connectivity index (χ3n) is 3.41. The molecule has 1 aromatic carbocycles. The Kier molecular flexibility index (Phi) is 4.37. The quantitative estimate of drug-likeness (QED) is 0.899. The van der Waals surface area contributed by atoms with Gasteiger partial charge in [0, 0.05) is 6.04 Å². The van der Waals surface area contributed by atoms with Crippen molar-refractivity contribution in [1.82, 2.24) is 9.62 Å². The van der Waals surface area contributed by atoms with Crippen LogP contribution in [0.4, 0.5) is 0 Å². The van der Waals surface area contributed by atoms with Gasteiger partial charge in [0.15, 0.2) is 0 Å². The standard InChI is InChI=1S/C13H20N2O2S/c1-2-15-10-8-12(9-11-15)14-18(16,17)13-6-4-3-5-7-13/h3-7,12,14H,2,8-11H2,1H3. The van der Waals surface area contributed by atoms with Gasteiger partial charge in [0.1, 0.15) is 0 Å². The molecule has 1 N–H and O–H groups in total. The van der Waals surface area contributed by atoms with Crippen molar-refractivity contribution in [2.45, 2.75) is 30.7 Å². The van der Waals surface area contributed by atoms with Gasteiger partial charge in [-0.3, -0.25) is 0 Å². The average molecular weight is 268 g/mol. The van der Waals surface area contributed by atoms with Crippen molar-refractivity contribution in [3.8, 4) is 0 Å². The summed E-state index contributed by atoms with van der Waals surface area (Å²) in [6.45, 7) is 5.11. The van der Waals surface area contributed by atoms with Gasteiger partial charge < -0.3 is 4.90 Å². The molecular formula is C13H20N2O2S. The molecule has 1 aromatic rings. The Labute approximate surface area is 109 Å². The van der Waals surface area contributed by atoms with Crippen LogP contribution in [0, 0.1) is 0 Å². The first kappa shape index (κ1) is 13.5. The van der Waals surface area contributed by atoms with Gasteiger partial charge in [0.25, 0.3) is 0 Å². The summed E-state index contributed by atoms with van der Waals surface area (Å²) in [6, 6.07) is 8.63. The molecule has 1 saturated heterocycles. The van der Waals surface area contributed by atoms with E-state index in [1.54, 1.807) is 24.3 Å². The van der Waals surface area contributed by atoms with E-state index < -0.39 is 10.0 Å². The van der Waals surface area contributed by atoms with E-state index in [0.717, 1.165) is 32.5 Å². The van der Waals surface area contributed by atoms with E-state index in [-0.39, 0.29) is 6.04 Å².